The molecule has 0 saturated carbocycles. The van der Waals surface area contributed by atoms with Crippen LogP contribution in [0.3, 0.4) is 0 Å². The van der Waals surface area contributed by atoms with E-state index in [1.165, 1.54) is 5.56 Å². The number of likely N-dealkylation sites (tertiary alicyclic amines) is 1. The van der Waals surface area contributed by atoms with Crippen molar-refractivity contribution in [1.82, 2.24) is 19.9 Å². The highest BCUT2D eigenvalue weighted by molar-refractivity contribution is 5.53. The van der Waals surface area contributed by atoms with E-state index in [4.69, 9.17) is 9.72 Å². The van der Waals surface area contributed by atoms with Gasteiger partial charge in [-0.05, 0) is 49.2 Å². The fourth-order valence-corrected chi connectivity index (χ4v) is 3.77. The van der Waals surface area contributed by atoms with Gasteiger partial charge in [0.2, 0.25) is 0 Å². The molecule has 3 aromatic rings. The number of nitrogens with one attached hydrogen (secondary N) is 1. The summed E-state index contributed by atoms with van der Waals surface area (Å²) in [6.45, 7) is 1.82. The Balaban J connectivity index is 1.62. The third kappa shape index (κ3) is 4.12. The molecule has 2 aromatic heterocycles. The quantitative estimate of drug-likeness (QED) is 0.737. The summed E-state index contributed by atoms with van der Waals surface area (Å²) in [5.74, 6) is 1.46. The molecule has 1 saturated heterocycles. The van der Waals surface area contributed by atoms with Crippen LogP contribution in [0.5, 0.6) is 5.75 Å². The second-order valence-electron chi connectivity index (χ2n) is 7.08. The monoisotopic (exact) mass is 376 g/mol. The number of hydrogen-bond donors (Lipinski definition) is 1. The van der Waals surface area contributed by atoms with Gasteiger partial charge >= 0.3 is 0 Å². The van der Waals surface area contributed by atoms with Crippen molar-refractivity contribution in [2.45, 2.75) is 31.8 Å². The predicted molar refractivity (Wildman–Crippen MR) is 108 cm³/mol. The molecule has 0 radical (unpaired) electrons. The van der Waals surface area contributed by atoms with Gasteiger partial charge in [-0.25, -0.2) is 4.98 Å². The van der Waals surface area contributed by atoms with Crippen molar-refractivity contribution in [2.24, 2.45) is 0 Å². The largest absolute Gasteiger partial charge is 0.497 e. The highest BCUT2D eigenvalue weighted by Gasteiger charge is 2.26. The lowest BCUT2D eigenvalue weighted by Gasteiger charge is -2.35. The predicted octanol–water partition coefficient (Wildman–Crippen LogP) is 3.57. The summed E-state index contributed by atoms with van der Waals surface area (Å²) in [6.07, 6.45) is 6.72. The van der Waals surface area contributed by atoms with Crippen LogP contribution in [0.15, 0.2) is 59.7 Å². The van der Waals surface area contributed by atoms with E-state index in [0.29, 0.717) is 5.82 Å². The summed E-state index contributed by atoms with van der Waals surface area (Å²) in [4.78, 5) is 26.4. The number of ether oxygens (including phenoxy) is 1. The lowest BCUT2D eigenvalue weighted by molar-refractivity contribution is 0.137. The summed E-state index contributed by atoms with van der Waals surface area (Å²) >= 11 is 0. The standard InChI is InChI=1S/C22H24N4O2/c1-28-18-7-5-16(6-8-18)15-26-13-3-2-4-20(26)19-14-21(27)25-22(24-19)17-9-11-23-12-10-17/h5-12,14,20H,2-4,13,15H2,1H3,(H,24,25,27). The molecule has 1 fully saturated rings. The van der Waals surface area contributed by atoms with E-state index in [2.05, 4.69) is 27.0 Å². The van der Waals surface area contributed by atoms with Gasteiger partial charge in [0.25, 0.3) is 5.56 Å². The number of piperidine rings is 1. The molecular weight excluding hydrogens is 352 g/mol. The minimum absolute atomic E-state index is 0.119. The second kappa shape index (κ2) is 8.35. The van der Waals surface area contributed by atoms with Crippen molar-refractivity contribution < 1.29 is 4.74 Å². The summed E-state index contributed by atoms with van der Waals surface area (Å²) in [6, 6.07) is 13.7. The zero-order valence-electron chi connectivity index (χ0n) is 16.0. The van der Waals surface area contributed by atoms with Crippen LogP contribution in [0, 0.1) is 0 Å². The lowest BCUT2D eigenvalue weighted by atomic mass is 9.98. The van der Waals surface area contributed by atoms with Crippen molar-refractivity contribution in [3.63, 3.8) is 0 Å². The van der Waals surface area contributed by atoms with Crippen molar-refractivity contribution >= 4 is 0 Å². The third-order valence-electron chi connectivity index (χ3n) is 5.22. The average Bonchev–Trinajstić information content (AvgIpc) is 2.75. The first-order valence-electron chi connectivity index (χ1n) is 9.61. The number of aromatic nitrogens is 3. The Hall–Kier alpha value is -2.99. The zero-order chi connectivity index (χ0) is 19.3. The smallest absolute Gasteiger partial charge is 0.251 e. The van der Waals surface area contributed by atoms with Crippen molar-refractivity contribution in [3.05, 3.63) is 76.5 Å². The van der Waals surface area contributed by atoms with Gasteiger partial charge < -0.3 is 9.72 Å². The van der Waals surface area contributed by atoms with E-state index in [1.54, 1.807) is 25.6 Å². The molecule has 0 aliphatic carbocycles. The van der Waals surface area contributed by atoms with Gasteiger partial charge in [-0.1, -0.05) is 18.6 Å². The lowest BCUT2D eigenvalue weighted by Crippen LogP contribution is -2.34. The Labute approximate surface area is 164 Å². The van der Waals surface area contributed by atoms with Gasteiger partial charge in [0.1, 0.15) is 11.6 Å². The molecule has 1 aliphatic heterocycles. The van der Waals surface area contributed by atoms with E-state index < -0.39 is 0 Å². The Morgan fingerprint density at radius 2 is 1.93 bits per heavy atom. The van der Waals surface area contributed by atoms with Gasteiger partial charge in [0.15, 0.2) is 0 Å². The molecule has 1 N–H and O–H groups in total. The maximum Gasteiger partial charge on any atom is 0.251 e. The Morgan fingerprint density at radius 1 is 1.14 bits per heavy atom. The number of methoxy groups -OCH3 is 1. The van der Waals surface area contributed by atoms with Crippen LogP contribution in [-0.4, -0.2) is 33.5 Å². The first-order valence-corrected chi connectivity index (χ1v) is 9.61. The first kappa shape index (κ1) is 18.4. The molecule has 1 unspecified atom stereocenters. The van der Waals surface area contributed by atoms with Crippen LogP contribution in [0.25, 0.3) is 11.4 Å². The maximum absolute atomic E-state index is 12.3. The molecule has 4 rings (SSSR count). The van der Waals surface area contributed by atoms with Crippen LogP contribution in [0.1, 0.15) is 36.6 Å². The van der Waals surface area contributed by atoms with Crippen molar-refractivity contribution in [3.8, 4) is 17.1 Å². The Morgan fingerprint density at radius 3 is 2.68 bits per heavy atom. The van der Waals surface area contributed by atoms with Crippen LogP contribution >= 0.6 is 0 Å². The molecule has 6 nitrogen and oxygen atoms in total. The van der Waals surface area contributed by atoms with Gasteiger partial charge in [-0.3, -0.25) is 14.7 Å². The number of nitrogens with zero attached hydrogens (tertiary/aromatic N) is 3. The summed E-state index contributed by atoms with van der Waals surface area (Å²) in [5.41, 5.74) is 2.81. The Bertz CT molecular complexity index is 970. The number of rotatable bonds is 5. The van der Waals surface area contributed by atoms with E-state index in [-0.39, 0.29) is 11.6 Å². The SMILES string of the molecule is COc1ccc(CN2CCCCC2c2cc(=O)[nH]c(-c3ccncc3)n2)cc1. The average molecular weight is 376 g/mol. The molecule has 1 aliphatic rings. The molecule has 0 amide bonds. The zero-order valence-corrected chi connectivity index (χ0v) is 16.0. The second-order valence-corrected chi connectivity index (χ2v) is 7.08. The molecule has 0 spiro atoms. The number of hydrogen-bond acceptors (Lipinski definition) is 5. The summed E-state index contributed by atoms with van der Waals surface area (Å²) < 4.78 is 5.25. The molecule has 3 heterocycles. The molecule has 6 heteroatoms. The molecule has 1 atom stereocenters. The van der Waals surface area contributed by atoms with Gasteiger partial charge in [-0.15, -0.1) is 0 Å². The van der Waals surface area contributed by atoms with Crippen LogP contribution in [0.4, 0.5) is 0 Å². The van der Waals surface area contributed by atoms with E-state index in [9.17, 15) is 4.79 Å². The minimum atomic E-state index is -0.119. The van der Waals surface area contributed by atoms with Gasteiger partial charge in [-0.2, -0.15) is 0 Å². The highest BCUT2D eigenvalue weighted by atomic mass is 16.5. The van der Waals surface area contributed by atoms with Crippen molar-refractivity contribution in [2.75, 3.05) is 13.7 Å². The molecular formula is C22H24N4O2. The fourth-order valence-electron chi connectivity index (χ4n) is 3.77. The topological polar surface area (TPSA) is 71.1 Å². The number of pyridine rings is 1. The van der Waals surface area contributed by atoms with Crippen molar-refractivity contribution in [1.29, 1.82) is 0 Å². The van der Waals surface area contributed by atoms with Crippen LogP contribution in [-0.2, 0) is 6.54 Å². The van der Waals surface area contributed by atoms with Gasteiger partial charge in [0.05, 0.1) is 18.8 Å². The van der Waals surface area contributed by atoms with E-state index in [1.807, 2.05) is 24.3 Å². The van der Waals surface area contributed by atoms with E-state index >= 15 is 0 Å². The van der Waals surface area contributed by atoms with Crippen LogP contribution in [0.2, 0.25) is 0 Å². The normalized spacial score (nSPS) is 17.4. The fraction of sp³-hybridized carbons (Fsp3) is 0.318. The molecule has 28 heavy (non-hydrogen) atoms. The number of benzene rings is 1. The molecule has 1 aromatic carbocycles. The summed E-state index contributed by atoms with van der Waals surface area (Å²) in [5, 5.41) is 0. The minimum Gasteiger partial charge on any atom is -0.497 e. The third-order valence-corrected chi connectivity index (χ3v) is 5.22. The van der Waals surface area contributed by atoms with E-state index in [0.717, 1.165) is 49.4 Å². The van der Waals surface area contributed by atoms with Gasteiger partial charge in [0, 0.05) is 30.6 Å². The maximum atomic E-state index is 12.3. The first-order chi connectivity index (χ1) is 13.7. The summed E-state index contributed by atoms with van der Waals surface area (Å²) in [7, 11) is 1.68. The molecule has 0 bridgehead atoms. The Kier molecular flexibility index (Phi) is 5.48. The number of aromatic amines is 1. The highest BCUT2D eigenvalue weighted by Crippen LogP contribution is 2.31. The number of H-pyrrole nitrogens is 1. The molecule has 144 valence electrons. The van der Waals surface area contributed by atoms with Crippen LogP contribution < -0.4 is 10.3 Å².